The van der Waals surface area contributed by atoms with E-state index < -0.39 is 47.6 Å². The Labute approximate surface area is 220 Å². The Bertz CT molecular complexity index is 936. The van der Waals surface area contributed by atoms with Gasteiger partial charge in [-0.1, -0.05) is 56.5 Å². The molecule has 2 atom stereocenters. The summed E-state index contributed by atoms with van der Waals surface area (Å²) >= 11 is 0. The fourth-order valence-electron chi connectivity index (χ4n) is 4.54. The summed E-state index contributed by atoms with van der Waals surface area (Å²) in [6.45, 7) is 10.7. The molecule has 1 aromatic rings. The number of alkyl carbamates (subject to hydrolysis) is 1. The Hall–Kier alpha value is -3.10. The van der Waals surface area contributed by atoms with Crippen LogP contribution in [-0.4, -0.2) is 51.9 Å². The Morgan fingerprint density at radius 1 is 1.03 bits per heavy atom. The highest BCUT2D eigenvalue weighted by Gasteiger charge is 2.43. The molecule has 2 rings (SSSR count). The summed E-state index contributed by atoms with van der Waals surface area (Å²) in [7, 11) is 0. The van der Waals surface area contributed by atoms with E-state index in [0.29, 0.717) is 12.0 Å². The molecule has 1 fully saturated rings. The minimum absolute atomic E-state index is 0.0375. The number of ether oxygens (including phenoxy) is 1. The third kappa shape index (κ3) is 9.05. The van der Waals surface area contributed by atoms with E-state index in [9.17, 15) is 19.2 Å². The van der Waals surface area contributed by atoms with E-state index in [1.807, 2.05) is 51.1 Å². The molecule has 0 aromatic heterocycles. The number of hydrogen-bond acceptors (Lipinski definition) is 5. The summed E-state index contributed by atoms with van der Waals surface area (Å²) in [6, 6.07) is 6.86. The number of nitrogens with zero attached hydrogens (tertiary/aromatic N) is 1. The van der Waals surface area contributed by atoms with Crippen LogP contribution < -0.4 is 16.4 Å². The lowest BCUT2D eigenvalue weighted by atomic mass is 9.90. The molecule has 0 saturated heterocycles. The number of benzene rings is 1. The van der Waals surface area contributed by atoms with Crippen molar-refractivity contribution in [2.24, 2.45) is 5.73 Å². The highest BCUT2D eigenvalue weighted by Crippen LogP contribution is 2.33. The van der Waals surface area contributed by atoms with Gasteiger partial charge < -0.3 is 26.0 Å². The van der Waals surface area contributed by atoms with Gasteiger partial charge in [-0.25, -0.2) is 4.79 Å². The first-order chi connectivity index (χ1) is 17.2. The summed E-state index contributed by atoms with van der Waals surface area (Å²) in [6.07, 6.45) is 4.27. The Morgan fingerprint density at radius 2 is 1.62 bits per heavy atom. The van der Waals surface area contributed by atoms with Gasteiger partial charge in [-0.2, -0.15) is 0 Å². The van der Waals surface area contributed by atoms with E-state index in [2.05, 4.69) is 10.6 Å². The van der Waals surface area contributed by atoms with Crippen LogP contribution in [0, 0.1) is 0 Å². The van der Waals surface area contributed by atoms with Gasteiger partial charge in [0, 0.05) is 11.6 Å². The maximum atomic E-state index is 14.2. The van der Waals surface area contributed by atoms with Gasteiger partial charge in [-0.3, -0.25) is 14.4 Å². The van der Waals surface area contributed by atoms with Crippen molar-refractivity contribution >= 4 is 23.8 Å². The quantitative estimate of drug-likeness (QED) is 0.433. The first-order valence-corrected chi connectivity index (χ1v) is 13.2. The van der Waals surface area contributed by atoms with Gasteiger partial charge in [0.25, 0.3) is 0 Å². The van der Waals surface area contributed by atoms with Gasteiger partial charge in [0.1, 0.15) is 17.7 Å². The third-order valence-electron chi connectivity index (χ3n) is 6.72. The number of primary amides is 1. The van der Waals surface area contributed by atoms with Crippen LogP contribution in [0.4, 0.5) is 4.79 Å². The number of nitrogens with two attached hydrogens (primary N) is 1. The second-order valence-corrected chi connectivity index (χ2v) is 11.4. The van der Waals surface area contributed by atoms with E-state index in [1.54, 1.807) is 20.8 Å². The van der Waals surface area contributed by atoms with Gasteiger partial charge in [0.05, 0.1) is 6.42 Å². The minimum atomic E-state index is -1.30. The summed E-state index contributed by atoms with van der Waals surface area (Å²) < 4.78 is 5.33. The molecular weight excluding hydrogens is 472 g/mol. The smallest absolute Gasteiger partial charge is 0.408 e. The number of carbonyl (C=O) groups excluding carboxylic acids is 4. The summed E-state index contributed by atoms with van der Waals surface area (Å²) in [5.74, 6) is -1.63. The molecule has 37 heavy (non-hydrogen) atoms. The predicted molar refractivity (Wildman–Crippen MR) is 142 cm³/mol. The van der Waals surface area contributed by atoms with Gasteiger partial charge in [-0.05, 0) is 59.4 Å². The molecule has 1 aliphatic rings. The van der Waals surface area contributed by atoms with Crippen LogP contribution in [-0.2, 0) is 19.1 Å². The summed E-state index contributed by atoms with van der Waals surface area (Å²) in [5.41, 5.74) is 4.50. The van der Waals surface area contributed by atoms with E-state index in [4.69, 9.17) is 10.5 Å². The zero-order valence-corrected chi connectivity index (χ0v) is 23.1. The molecule has 1 aliphatic carbocycles. The Kier molecular flexibility index (Phi) is 10.5. The van der Waals surface area contributed by atoms with E-state index >= 15 is 0 Å². The van der Waals surface area contributed by atoms with E-state index in [-0.39, 0.29) is 11.9 Å². The second kappa shape index (κ2) is 12.9. The molecule has 0 bridgehead atoms. The standard InChI is InChI=1S/C28H44N4O5/c1-7-28(5,6)32(25(35)21(18-22(29)33)31-26(36)37-27(2,3)4)23(19-14-10-8-11-15-19)24(34)30-20-16-12-9-13-17-20/h8,10-11,14-15,20-21,23H,7,9,12-13,16-18H2,1-6H3,(H2,29,33)(H,30,34)(H,31,36). The van der Waals surface area contributed by atoms with Crippen LogP contribution in [0.3, 0.4) is 0 Å². The van der Waals surface area contributed by atoms with Crippen molar-refractivity contribution in [2.45, 2.75) is 116 Å². The predicted octanol–water partition coefficient (Wildman–Crippen LogP) is 3.96. The van der Waals surface area contributed by atoms with Crippen LogP contribution in [0.1, 0.15) is 98.1 Å². The lowest BCUT2D eigenvalue weighted by Gasteiger charge is -2.45. The molecular formula is C28H44N4O5. The number of carbonyl (C=O) groups is 4. The van der Waals surface area contributed by atoms with Crippen LogP contribution in [0.5, 0.6) is 0 Å². The SMILES string of the molecule is CCC(C)(C)N(C(=O)C(CC(N)=O)NC(=O)OC(C)(C)C)C(C(=O)NC1CCCCC1)c1ccccc1. The van der Waals surface area contributed by atoms with Gasteiger partial charge in [0.15, 0.2) is 0 Å². The van der Waals surface area contributed by atoms with Gasteiger partial charge >= 0.3 is 6.09 Å². The normalized spacial score (nSPS) is 16.3. The summed E-state index contributed by atoms with van der Waals surface area (Å²) in [5, 5.41) is 5.69. The van der Waals surface area contributed by atoms with Crippen LogP contribution in [0.25, 0.3) is 0 Å². The maximum absolute atomic E-state index is 14.2. The fourth-order valence-corrected chi connectivity index (χ4v) is 4.54. The number of hydrogen-bond donors (Lipinski definition) is 3. The zero-order chi connectivity index (χ0) is 27.8. The van der Waals surface area contributed by atoms with E-state index in [0.717, 1.165) is 32.1 Å². The monoisotopic (exact) mass is 516 g/mol. The van der Waals surface area contributed by atoms with Crippen LogP contribution in [0.15, 0.2) is 30.3 Å². The van der Waals surface area contributed by atoms with Crippen molar-refractivity contribution in [2.75, 3.05) is 0 Å². The first kappa shape index (κ1) is 30.1. The number of nitrogens with one attached hydrogen (secondary N) is 2. The molecule has 4 amide bonds. The average molecular weight is 517 g/mol. The van der Waals surface area contributed by atoms with Crippen molar-refractivity contribution in [1.82, 2.24) is 15.5 Å². The molecule has 0 heterocycles. The van der Waals surface area contributed by atoms with Crippen molar-refractivity contribution < 1.29 is 23.9 Å². The average Bonchev–Trinajstić information content (AvgIpc) is 2.81. The lowest BCUT2D eigenvalue weighted by molar-refractivity contribution is -0.150. The summed E-state index contributed by atoms with van der Waals surface area (Å²) in [4.78, 5) is 54.1. The molecule has 206 valence electrons. The fraction of sp³-hybridized carbons (Fsp3) is 0.643. The molecule has 4 N–H and O–H groups in total. The molecule has 1 saturated carbocycles. The lowest BCUT2D eigenvalue weighted by Crippen LogP contribution is -2.60. The molecule has 1 aromatic carbocycles. The first-order valence-electron chi connectivity index (χ1n) is 13.2. The number of amides is 4. The molecule has 2 unspecified atom stereocenters. The number of rotatable bonds is 10. The van der Waals surface area contributed by atoms with Crippen molar-refractivity contribution in [3.8, 4) is 0 Å². The Morgan fingerprint density at radius 3 is 2.14 bits per heavy atom. The highest BCUT2D eigenvalue weighted by molar-refractivity contribution is 5.95. The van der Waals surface area contributed by atoms with Crippen molar-refractivity contribution in [1.29, 1.82) is 0 Å². The molecule has 0 radical (unpaired) electrons. The molecule has 0 aliphatic heterocycles. The Balaban J connectivity index is 2.52. The maximum Gasteiger partial charge on any atom is 0.408 e. The van der Waals surface area contributed by atoms with Crippen LogP contribution in [0.2, 0.25) is 0 Å². The van der Waals surface area contributed by atoms with Gasteiger partial charge in [0.2, 0.25) is 17.7 Å². The minimum Gasteiger partial charge on any atom is -0.444 e. The third-order valence-corrected chi connectivity index (χ3v) is 6.72. The van der Waals surface area contributed by atoms with E-state index in [1.165, 1.54) is 4.90 Å². The van der Waals surface area contributed by atoms with Gasteiger partial charge in [-0.15, -0.1) is 0 Å². The highest BCUT2D eigenvalue weighted by atomic mass is 16.6. The second-order valence-electron chi connectivity index (χ2n) is 11.4. The molecule has 0 spiro atoms. The topological polar surface area (TPSA) is 131 Å². The largest absolute Gasteiger partial charge is 0.444 e. The van der Waals surface area contributed by atoms with Crippen LogP contribution >= 0.6 is 0 Å². The molecule has 9 nitrogen and oxygen atoms in total. The van der Waals surface area contributed by atoms with Crippen molar-refractivity contribution in [3.63, 3.8) is 0 Å². The molecule has 9 heteroatoms. The zero-order valence-electron chi connectivity index (χ0n) is 23.1. The van der Waals surface area contributed by atoms with Crippen molar-refractivity contribution in [3.05, 3.63) is 35.9 Å².